The maximum absolute atomic E-state index is 13.0. The van der Waals surface area contributed by atoms with E-state index in [0.717, 1.165) is 11.3 Å². The summed E-state index contributed by atoms with van der Waals surface area (Å²) in [5.74, 6) is -0.218. The number of hydrogen-bond donors (Lipinski definition) is 1. The van der Waals surface area contributed by atoms with Crippen LogP contribution in [0.4, 0.5) is 11.4 Å². The van der Waals surface area contributed by atoms with Gasteiger partial charge in [0.2, 0.25) is 5.91 Å². The van der Waals surface area contributed by atoms with Crippen LogP contribution in [0.15, 0.2) is 108 Å². The molecule has 1 aromatic heterocycles. The number of nitrogens with zero attached hydrogens (tertiary/aromatic N) is 2. The molecule has 7 heteroatoms. The molecule has 6 nitrogen and oxygen atoms in total. The lowest BCUT2D eigenvalue weighted by molar-refractivity contribution is -0.115. The first-order valence-electron chi connectivity index (χ1n) is 10.1. The van der Waals surface area contributed by atoms with Crippen molar-refractivity contribution in [1.29, 1.82) is 0 Å². The molecule has 0 atom stereocenters. The summed E-state index contributed by atoms with van der Waals surface area (Å²) in [7, 11) is -2.25. The van der Waals surface area contributed by atoms with Crippen molar-refractivity contribution >= 4 is 27.3 Å². The number of carbonyl (C=O) groups is 1. The molecule has 0 saturated carbocycles. The molecule has 0 aliphatic rings. The molecule has 0 saturated heterocycles. The number of nitrogens with one attached hydrogen (secondary N) is 1. The molecular weight excluding hydrogens is 422 g/mol. The van der Waals surface area contributed by atoms with Crippen LogP contribution in [-0.4, -0.2) is 25.9 Å². The second-order valence-electron chi connectivity index (χ2n) is 7.32. The lowest BCUT2D eigenvalue weighted by Crippen LogP contribution is -2.26. The maximum atomic E-state index is 13.0. The minimum atomic E-state index is -3.76. The van der Waals surface area contributed by atoms with Gasteiger partial charge in [0.25, 0.3) is 10.0 Å². The zero-order valence-electron chi connectivity index (χ0n) is 17.5. The van der Waals surface area contributed by atoms with Gasteiger partial charge in [-0.15, -0.1) is 0 Å². The second kappa shape index (κ2) is 9.11. The average molecular weight is 446 g/mol. The first kappa shape index (κ1) is 21.4. The van der Waals surface area contributed by atoms with E-state index in [1.807, 2.05) is 59.4 Å². The van der Waals surface area contributed by atoms with Gasteiger partial charge >= 0.3 is 0 Å². The highest BCUT2D eigenvalue weighted by molar-refractivity contribution is 7.92. The molecule has 1 N–H and O–H groups in total. The zero-order chi connectivity index (χ0) is 22.6. The van der Waals surface area contributed by atoms with E-state index < -0.39 is 10.0 Å². The van der Waals surface area contributed by atoms with Gasteiger partial charge in [0.15, 0.2) is 0 Å². The topological polar surface area (TPSA) is 71.4 Å². The first-order chi connectivity index (χ1) is 15.4. The number of carbonyl (C=O) groups excluding carboxylic acids is 1. The van der Waals surface area contributed by atoms with Gasteiger partial charge in [-0.3, -0.25) is 9.10 Å². The Bertz CT molecular complexity index is 1300. The van der Waals surface area contributed by atoms with Gasteiger partial charge in [-0.25, -0.2) is 8.42 Å². The van der Waals surface area contributed by atoms with E-state index in [9.17, 15) is 13.2 Å². The third-order valence-electron chi connectivity index (χ3n) is 5.10. The van der Waals surface area contributed by atoms with Gasteiger partial charge in [0.1, 0.15) is 0 Å². The molecule has 4 rings (SSSR count). The standard InChI is InChI=1S/C25H23N3O3S/c1-27(22-9-3-2-4-10-22)32(30,31)24-11-7-8-21(19-24)26-25(29)18-20-12-14-23(15-13-20)28-16-5-6-17-28/h2-17,19H,18H2,1H3,(H,26,29). The largest absolute Gasteiger partial charge is 0.326 e. The van der Waals surface area contributed by atoms with E-state index in [4.69, 9.17) is 0 Å². The first-order valence-corrected chi connectivity index (χ1v) is 11.5. The van der Waals surface area contributed by atoms with Crippen molar-refractivity contribution in [2.45, 2.75) is 11.3 Å². The fourth-order valence-electron chi connectivity index (χ4n) is 3.35. The Kier molecular flexibility index (Phi) is 6.09. The number of amides is 1. The summed E-state index contributed by atoms with van der Waals surface area (Å²) in [4.78, 5) is 12.6. The highest BCUT2D eigenvalue weighted by Crippen LogP contribution is 2.23. The van der Waals surface area contributed by atoms with Crippen molar-refractivity contribution in [1.82, 2.24) is 4.57 Å². The Morgan fingerprint density at radius 1 is 0.875 bits per heavy atom. The van der Waals surface area contributed by atoms with E-state index in [2.05, 4.69) is 5.32 Å². The van der Waals surface area contributed by atoms with Crippen LogP contribution in [0.2, 0.25) is 0 Å². The van der Waals surface area contributed by atoms with Crippen LogP contribution in [-0.2, 0) is 21.2 Å². The SMILES string of the molecule is CN(c1ccccc1)S(=O)(=O)c1cccc(NC(=O)Cc2ccc(-n3cccc3)cc2)c1. The number of para-hydroxylation sites is 1. The monoisotopic (exact) mass is 445 g/mol. The molecular formula is C25H23N3O3S. The smallest absolute Gasteiger partial charge is 0.264 e. The lowest BCUT2D eigenvalue weighted by Gasteiger charge is -2.20. The molecule has 0 fully saturated rings. The van der Waals surface area contributed by atoms with Crippen LogP contribution in [0.3, 0.4) is 0 Å². The number of anilines is 2. The Morgan fingerprint density at radius 3 is 2.25 bits per heavy atom. The Balaban J connectivity index is 1.45. The van der Waals surface area contributed by atoms with Crippen LogP contribution in [0, 0.1) is 0 Å². The van der Waals surface area contributed by atoms with E-state index in [0.29, 0.717) is 11.4 Å². The van der Waals surface area contributed by atoms with Crippen LogP contribution >= 0.6 is 0 Å². The maximum Gasteiger partial charge on any atom is 0.264 e. The number of sulfonamides is 1. The minimum absolute atomic E-state index is 0.109. The van der Waals surface area contributed by atoms with Crippen LogP contribution in [0.25, 0.3) is 5.69 Å². The molecule has 0 spiro atoms. The number of aromatic nitrogens is 1. The second-order valence-corrected chi connectivity index (χ2v) is 9.29. The molecule has 162 valence electrons. The average Bonchev–Trinajstić information content (AvgIpc) is 3.35. The van der Waals surface area contributed by atoms with Gasteiger partial charge in [-0.05, 0) is 60.2 Å². The number of benzene rings is 3. The van der Waals surface area contributed by atoms with Crippen molar-refractivity contribution in [2.75, 3.05) is 16.7 Å². The van der Waals surface area contributed by atoms with E-state index >= 15 is 0 Å². The summed E-state index contributed by atoms with van der Waals surface area (Å²) in [6.45, 7) is 0. The summed E-state index contributed by atoms with van der Waals surface area (Å²) in [5, 5.41) is 2.80. The summed E-state index contributed by atoms with van der Waals surface area (Å²) >= 11 is 0. The molecule has 0 radical (unpaired) electrons. The highest BCUT2D eigenvalue weighted by Gasteiger charge is 2.21. The molecule has 0 aliphatic heterocycles. The molecule has 0 aliphatic carbocycles. The highest BCUT2D eigenvalue weighted by atomic mass is 32.2. The quantitative estimate of drug-likeness (QED) is 0.456. The Labute approximate surface area is 187 Å². The summed E-state index contributed by atoms with van der Waals surface area (Å²) in [6.07, 6.45) is 4.10. The fraction of sp³-hybridized carbons (Fsp3) is 0.0800. The predicted octanol–water partition coefficient (Wildman–Crippen LogP) is 4.48. The lowest BCUT2D eigenvalue weighted by atomic mass is 10.1. The molecule has 0 unspecified atom stereocenters. The molecule has 1 heterocycles. The van der Waals surface area contributed by atoms with Crippen molar-refractivity contribution in [3.63, 3.8) is 0 Å². The fourth-order valence-corrected chi connectivity index (χ4v) is 4.59. The normalized spacial score (nSPS) is 11.2. The van der Waals surface area contributed by atoms with Crippen LogP contribution in [0.5, 0.6) is 0 Å². The van der Waals surface area contributed by atoms with Gasteiger partial charge in [-0.1, -0.05) is 36.4 Å². The third-order valence-corrected chi connectivity index (χ3v) is 6.88. The third kappa shape index (κ3) is 4.73. The van der Waals surface area contributed by atoms with E-state index in [-0.39, 0.29) is 17.2 Å². The van der Waals surface area contributed by atoms with Crippen molar-refractivity contribution in [3.8, 4) is 5.69 Å². The molecule has 0 bridgehead atoms. The molecule has 4 aromatic rings. The van der Waals surface area contributed by atoms with E-state index in [1.165, 1.54) is 23.5 Å². The van der Waals surface area contributed by atoms with Gasteiger partial charge < -0.3 is 9.88 Å². The van der Waals surface area contributed by atoms with Gasteiger partial charge in [0.05, 0.1) is 17.0 Å². The summed E-state index contributed by atoms with van der Waals surface area (Å²) in [5.41, 5.74) is 2.87. The van der Waals surface area contributed by atoms with Gasteiger partial charge in [0, 0.05) is 30.8 Å². The summed E-state index contributed by atoms with van der Waals surface area (Å²) in [6, 6.07) is 26.8. The molecule has 1 amide bonds. The Morgan fingerprint density at radius 2 is 1.56 bits per heavy atom. The summed E-state index contributed by atoms with van der Waals surface area (Å²) < 4.78 is 29.2. The molecule has 32 heavy (non-hydrogen) atoms. The van der Waals surface area contributed by atoms with Crippen molar-refractivity contribution < 1.29 is 13.2 Å². The van der Waals surface area contributed by atoms with Crippen LogP contribution < -0.4 is 9.62 Å². The predicted molar refractivity (Wildman–Crippen MR) is 127 cm³/mol. The van der Waals surface area contributed by atoms with E-state index in [1.54, 1.807) is 36.4 Å². The van der Waals surface area contributed by atoms with Crippen molar-refractivity contribution in [2.24, 2.45) is 0 Å². The zero-order valence-corrected chi connectivity index (χ0v) is 18.4. The van der Waals surface area contributed by atoms with Crippen molar-refractivity contribution in [3.05, 3.63) is 109 Å². The van der Waals surface area contributed by atoms with Crippen LogP contribution in [0.1, 0.15) is 5.56 Å². The molecule has 3 aromatic carbocycles. The Hall–Kier alpha value is -3.84. The van der Waals surface area contributed by atoms with Gasteiger partial charge in [-0.2, -0.15) is 0 Å². The minimum Gasteiger partial charge on any atom is -0.326 e. The number of hydrogen-bond acceptors (Lipinski definition) is 3. The number of rotatable bonds is 7.